The maximum Gasteiger partial charge on any atom is 0.119 e. The van der Waals surface area contributed by atoms with Crippen LogP contribution in [0.4, 0.5) is 0 Å². The Balaban J connectivity index is 2.31. The SMILES string of the molecule is CCNCc1ccc(-c2ccc(OC)cc2C)cc1Cl. The molecule has 2 aromatic carbocycles. The predicted octanol–water partition coefficient (Wildman–Crippen LogP) is 4.43. The second kappa shape index (κ2) is 6.78. The third-order valence-electron chi connectivity index (χ3n) is 3.36. The number of nitrogens with one attached hydrogen (secondary N) is 1. The van der Waals surface area contributed by atoms with Gasteiger partial charge in [-0.1, -0.05) is 36.7 Å². The average Bonchev–Trinajstić information content (AvgIpc) is 2.46. The highest BCUT2D eigenvalue weighted by Crippen LogP contribution is 2.30. The van der Waals surface area contributed by atoms with Gasteiger partial charge in [0.05, 0.1) is 7.11 Å². The fourth-order valence-electron chi connectivity index (χ4n) is 2.20. The van der Waals surface area contributed by atoms with Gasteiger partial charge in [-0.05, 0) is 53.9 Å². The third kappa shape index (κ3) is 3.33. The fourth-order valence-corrected chi connectivity index (χ4v) is 2.45. The number of hydrogen-bond acceptors (Lipinski definition) is 2. The van der Waals surface area contributed by atoms with Crippen LogP contribution in [0.1, 0.15) is 18.1 Å². The summed E-state index contributed by atoms with van der Waals surface area (Å²) in [6, 6.07) is 12.3. The summed E-state index contributed by atoms with van der Waals surface area (Å²) in [5, 5.41) is 4.09. The predicted molar refractivity (Wildman–Crippen MR) is 85.6 cm³/mol. The van der Waals surface area contributed by atoms with Crippen LogP contribution < -0.4 is 10.1 Å². The van der Waals surface area contributed by atoms with E-state index in [1.807, 2.05) is 18.2 Å². The van der Waals surface area contributed by atoms with Gasteiger partial charge in [0.2, 0.25) is 0 Å². The van der Waals surface area contributed by atoms with Gasteiger partial charge in [-0.3, -0.25) is 0 Å². The molecule has 0 heterocycles. The van der Waals surface area contributed by atoms with Gasteiger partial charge in [-0.2, -0.15) is 0 Å². The Morgan fingerprint density at radius 3 is 2.55 bits per heavy atom. The number of halogens is 1. The molecule has 2 rings (SSSR count). The standard InChI is InChI=1S/C17H20ClNO/c1-4-19-11-14-6-5-13(10-17(14)18)16-8-7-15(20-3)9-12(16)2/h5-10,19H,4,11H2,1-3H3. The first-order valence-electron chi connectivity index (χ1n) is 6.80. The van der Waals surface area contributed by atoms with Crippen molar-refractivity contribution in [2.45, 2.75) is 20.4 Å². The maximum absolute atomic E-state index is 6.36. The van der Waals surface area contributed by atoms with Crippen molar-refractivity contribution in [3.63, 3.8) is 0 Å². The van der Waals surface area contributed by atoms with Crippen molar-refractivity contribution in [1.29, 1.82) is 0 Å². The zero-order valence-corrected chi connectivity index (χ0v) is 12.9. The van der Waals surface area contributed by atoms with E-state index < -0.39 is 0 Å². The summed E-state index contributed by atoms with van der Waals surface area (Å²) in [4.78, 5) is 0. The van der Waals surface area contributed by atoms with E-state index in [2.05, 4.69) is 37.4 Å². The summed E-state index contributed by atoms with van der Waals surface area (Å²) < 4.78 is 5.24. The summed E-state index contributed by atoms with van der Waals surface area (Å²) in [6.07, 6.45) is 0. The Bertz CT molecular complexity index is 596. The van der Waals surface area contributed by atoms with E-state index in [1.54, 1.807) is 7.11 Å². The van der Waals surface area contributed by atoms with Crippen LogP contribution in [0.3, 0.4) is 0 Å². The summed E-state index contributed by atoms with van der Waals surface area (Å²) in [5.74, 6) is 0.876. The second-order valence-electron chi connectivity index (χ2n) is 4.77. The van der Waals surface area contributed by atoms with Crippen molar-refractivity contribution in [3.05, 3.63) is 52.5 Å². The molecular formula is C17H20ClNO. The van der Waals surface area contributed by atoms with E-state index in [-0.39, 0.29) is 0 Å². The first-order valence-corrected chi connectivity index (χ1v) is 7.17. The van der Waals surface area contributed by atoms with Gasteiger partial charge in [0.15, 0.2) is 0 Å². The fraction of sp³-hybridized carbons (Fsp3) is 0.294. The number of rotatable bonds is 5. The van der Waals surface area contributed by atoms with Crippen molar-refractivity contribution >= 4 is 11.6 Å². The van der Waals surface area contributed by atoms with Gasteiger partial charge >= 0.3 is 0 Å². The molecule has 0 aromatic heterocycles. The van der Waals surface area contributed by atoms with Gasteiger partial charge in [0.1, 0.15) is 5.75 Å². The van der Waals surface area contributed by atoms with Gasteiger partial charge in [-0.25, -0.2) is 0 Å². The molecule has 0 radical (unpaired) electrons. The third-order valence-corrected chi connectivity index (χ3v) is 3.71. The molecule has 0 aliphatic rings. The molecule has 2 aromatic rings. The Labute approximate surface area is 125 Å². The van der Waals surface area contributed by atoms with E-state index in [0.717, 1.165) is 35.0 Å². The lowest BCUT2D eigenvalue weighted by molar-refractivity contribution is 0.414. The van der Waals surface area contributed by atoms with Crippen LogP contribution >= 0.6 is 11.6 Å². The van der Waals surface area contributed by atoms with Crippen LogP contribution in [0.25, 0.3) is 11.1 Å². The highest BCUT2D eigenvalue weighted by atomic mass is 35.5. The molecule has 106 valence electrons. The molecule has 0 bridgehead atoms. The van der Waals surface area contributed by atoms with Gasteiger partial charge in [0.25, 0.3) is 0 Å². The number of hydrogen-bond donors (Lipinski definition) is 1. The van der Waals surface area contributed by atoms with E-state index in [0.29, 0.717) is 0 Å². The lowest BCUT2D eigenvalue weighted by Crippen LogP contribution is -2.11. The molecule has 0 atom stereocenters. The topological polar surface area (TPSA) is 21.3 Å². The number of aryl methyl sites for hydroxylation is 1. The first kappa shape index (κ1) is 14.9. The molecule has 0 saturated carbocycles. The van der Waals surface area contributed by atoms with Crippen LogP contribution in [0.2, 0.25) is 5.02 Å². The van der Waals surface area contributed by atoms with Crippen molar-refractivity contribution in [2.24, 2.45) is 0 Å². The Kier molecular flexibility index (Phi) is 5.05. The van der Waals surface area contributed by atoms with Crippen LogP contribution in [0.5, 0.6) is 5.75 Å². The summed E-state index contributed by atoms with van der Waals surface area (Å²) >= 11 is 6.36. The van der Waals surface area contributed by atoms with Gasteiger partial charge in [-0.15, -0.1) is 0 Å². The summed E-state index contributed by atoms with van der Waals surface area (Å²) in [7, 11) is 1.68. The summed E-state index contributed by atoms with van der Waals surface area (Å²) in [6.45, 7) is 5.91. The molecule has 0 fully saturated rings. The van der Waals surface area contributed by atoms with Crippen LogP contribution in [-0.4, -0.2) is 13.7 Å². The molecule has 1 N–H and O–H groups in total. The normalized spacial score (nSPS) is 10.6. The van der Waals surface area contributed by atoms with E-state index in [1.165, 1.54) is 11.1 Å². The van der Waals surface area contributed by atoms with E-state index >= 15 is 0 Å². The monoisotopic (exact) mass is 289 g/mol. The zero-order chi connectivity index (χ0) is 14.5. The lowest BCUT2D eigenvalue weighted by Gasteiger charge is -2.11. The number of benzene rings is 2. The molecule has 3 heteroatoms. The molecule has 0 amide bonds. The molecule has 0 unspecified atom stereocenters. The molecule has 0 spiro atoms. The lowest BCUT2D eigenvalue weighted by atomic mass is 9.99. The second-order valence-corrected chi connectivity index (χ2v) is 5.17. The minimum atomic E-state index is 0.803. The van der Waals surface area contributed by atoms with Gasteiger partial charge < -0.3 is 10.1 Å². The van der Waals surface area contributed by atoms with Crippen LogP contribution in [-0.2, 0) is 6.54 Å². The van der Waals surface area contributed by atoms with E-state index in [4.69, 9.17) is 16.3 Å². The van der Waals surface area contributed by atoms with Crippen molar-refractivity contribution in [1.82, 2.24) is 5.32 Å². The molecule has 20 heavy (non-hydrogen) atoms. The van der Waals surface area contributed by atoms with E-state index in [9.17, 15) is 0 Å². The zero-order valence-electron chi connectivity index (χ0n) is 12.2. The number of ether oxygens (including phenoxy) is 1. The quantitative estimate of drug-likeness (QED) is 0.879. The Hall–Kier alpha value is -1.51. The molecule has 2 nitrogen and oxygen atoms in total. The minimum Gasteiger partial charge on any atom is -0.497 e. The van der Waals surface area contributed by atoms with Crippen molar-refractivity contribution < 1.29 is 4.74 Å². The van der Waals surface area contributed by atoms with Crippen molar-refractivity contribution in [3.8, 4) is 16.9 Å². The molecule has 0 aliphatic heterocycles. The average molecular weight is 290 g/mol. The van der Waals surface area contributed by atoms with Crippen LogP contribution in [0.15, 0.2) is 36.4 Å². The molecular weight excluding hydrogens is 270 g/mol. The molecule has 0 saturated heterocycles. The highest BCUT2D eigenvalue weighted by Gasteiger charge is 2.06. The first-order chi connectivity index (χ1) is 9.65. The minimum absolute atomic E-state index is 0.803. The Morgan fingerprint density at radius 2 is 1.95 bits per heavy atom. The smallest absolute Gasteiger partial charge is 0.119 e. The van der Waals surface area contributed by atoms with Gasteiger partial charge in [0, 0.05) is 11.6 Å². The van der Waals surface area contributed by atoms with Crippen molar-refractivity contribution in [2.75, 3.05) is 13.7 Å². The largest absolute Gasteiger partial charge is 0.497 e. The summed E-state index contributed by atoms with van der Waals surface area (Å²) in [5.41, 5.74) is 4.63. The maximum atomic E-state index is 6.36. The highest BCUT2D eigenvalue weighted by molar-refractivity contribution is 6.31. The molecule has 0 aliphatic carbocycles. The van der Waals surface area contributed by atoms with Crippen LogP contribution in [0, 0.1) is 6.92 Å². The number of methoxy groups -OCH3 is 1. The Morgan fingerprint density at radius 1 is 1.15 bits per heavy atom.